The monoisotopic (exact) mass is 334 g/mol. The van der Waals surface area contributed by atoms with Gasteiger partial charge in [0.15, 0.2) is 11.5 Å². The van der Waals surface area contributed by atoms with Gasteiger partial charge in [-0.15, -0.1) is 0 Å². The molecule has 3 aromatic rings. The Kier molecular flexibility index (Phi) is 3.65. The highest BCUT2D eigenvalue weighted by atomic mass is 16.5. The molecule has 1 aliphatic rings. The van der Waals surface area contributed by atoms with Crippen molar-refractivity contribution < 1.29 is 9.32 Å². The fraction of sp³-hybridized carbons (Fsp3) is 0.158. The van der Waals surface area contributed by atoms with E-state index in [4.69, 9.17) is 10.3 Å². The SMILES string of the molecule is CC1Nc2c(C(N)=O)noc2C(c2ccccc2)N1c1ccccc1. The number of carbonyl (C=O) groups excluding carboxylic acids is 1. The first kappa shape index (κ1) is 15.3. The number of nitrogens with one attached hydrogen (secondary N) is 1. The lowest BCUT2D eigenvalue weighted by Gasteiger charge is -2.41. The quantitative estimate of drug-likeness (QED) is 0.769. The van der Waals surface area contributed by atoms with Gasteiger partial charge in [-0.3, -0.25) is 4.79 Å². The second kappa shape index (κ2) is 5.98. The largest absolute Gasteiger partial charge is 0.364 e. The van der Waals surface area contributed by atoms with Crippen LogP contribution in [0.5, 0.6) is 0 Å². The third kappa shape index (κ3) is 2.52. The van der Waals surface area contributed by atoms with Gasteiger partial charge in [0.05, 0.1) is 6.17 Å². The minimum Gasteiger partial charge on any atom is -0.364 e. The summed E-state index contributed by atoms with van der Waals surface area (Å²) in [4.78, 5) is 13.9. The van der Waals surface area contributed by atoms with E-state index in [9.17, 15) is 4.79 Å². The number of primary amides is 1. The van der Waals surface area contributed by atoms with Crippen LogP contribution in [0.3, 0.4) is 0 Å². The lowest BCUT2D eigenvalue weighted by Crippen LogP contribution is -2.46. The molecule has 1 aliphatic heterocycles. The van der Waals surface area contributed by atoms with E-state index in [1.807, 2.05) is 67.6 Å². The molecule has 0 aliphatic carbocycles. The second-order valence-electron chi connectivity index (χ2n) is 6.01. The van der Waals surface area contributed by atoms with E-state index in [1.54, 1.807) is 0 Å². The predicted octanol–water partition coefficient (Wildman–Crippen LogP) is 3.14. The molecule has 3 N–H and O–H groups in total. The van der Waals surface area contributed by atoms with Crippen LogP contribution in [-0.2, 0) is 0 Å². The fourth-order valence-electron chi connectivity index (χ4n) is 3.35. The Bertz CT molecular complexity index is 892. The third-order valence-corrected chi connectivity index (χ3v) is 4.42. The molecule has 4 rings (SSSR count). The van der Waals surface area contributed by atoms with Crippen molar-refractivity contribution in [2.75, 3.05) is 10.2 Å². The number of benzene rings is 2. The number of aromatic nitrogens is 1. The van der Waals surface area contributed by atoms with Crippen LogP contribution in [0.2, 0.25) is 0 Å². The summed E-state index contributed by atoms with van der Waals surface area (Å²) in [7, 11) is 0. The number of nitrogens with zero attached hydrogens (tertiary/aromatic N) is 2. The van der Waals surface area contributed by atoms with E-state index >= 15 is 0 Å². The number of nitrogens with two attached hydrogens (primary N) is 1. The van der Waals surface area contributed by atoms with Gasteiger partial charge < -0.3 is 20.5 Å². The Balaban J connectivity index is 1.91. The van der Waals surface area contributed by atoms with E-state index in [2.05, 4.69) is 15.4 Å². The molecule has 0 saturated heterocycles. The van der Waals surface area contributed by atoms with Crippen LogP contribution in [0.4, 0.5) is 11.4 Å². The van der Waals surface area contributed by atoms with Crippen molar-refractivity contribution in [2.24, 2.45) is 5.73 Å². The van der Waals surface area contributed by atoms with E-state index in [1.165, 1.54) is 0 Å². The molecule has 6 nitrogen and oxygen atoms in total. The summed E-state index contributed by atoms with van der Waals surface area (Å²) < 4.78 is 5.56. The van der Waals surface area contributed by atoms with Crippen LogP contribution >= 0.6 is 0 Å². The van der Waals surface area contributed by atoms with Crippen LogP contribution in [0.1, 0.15) is 34.8 Å². The number of fused-ring (bicyclic) bond motifs is 1. The number of hydrogen-bond acceptors (Lipinski definition) is 5. The molecule has 0 spiro atoms. The zero-order valence-corrected chi connectivity index (χ0v) is 13.7. The summed E-state index contributed by atoms with van der Waals surface area (Å²) in [5.41, 5.74) is 8.24. The molecular weight excluding hydrogens is 316 g/mol. The summed E-state index contributed by atoms with van der Waals surface area (Å²) >= 11 is 0. The van der Waals surface area contributed by atoms with Crippen molar-refractivity contribution >= 4 is 17.3 Å². The highest BCUT2D eigenvalue weighted by Gasteiger charge is 2.39. The summed E-state index contributed by atoms with van der Waals surface area (Å²) in [6.07, 6.45) is -0.0855. The Morgan fingerprint density at radius 1 is 1.12 bits per heavy atom. The van der Waals surface area contributed by atoms with Crippen molar-refractivity contribution in [3.63, 3.8) is 0 Å². The summed E-state index contributed by atoms with van der Waals surface area (Å²) in [5.74, 6) is -0.0216. The van der Waals surface area contributed by atoms with E-state index in [-0.39, 0.29) is 17.9 Å². The number of rotatable bonds is 3. The van der Waals surface area contributed by atoms with Gasteiger partial charge in [-0.05, 0) is 24.6 Å². The zero-order valence-electron chi connectivity index (χ0n) is 13.7. The van der Waals surface area contributed by atoms with Crippen LogP contribution in [0, 0.1) is 0 Å². The highest BCUT2D eigenvalue weighted by molar-refractivity contribution is 5.97. The average Bonchev–Trinajstić information content (AvgIpc) is 3.05. The fourth-order valence-corrected chi connectivity index (χ4v) is 3.35. The van der Waals surface area contributed by atoms with Gasteiger partial charge in [0.2, 0.25) is 0 Å². The molecule has 0 saturated carbocycles. The Morgan fingerprint density at radius 3 is 2.40 bits per heavy atom. The maximum absolute atomic E-state index is 11.7. The molecule has 1 aromatic heterocycles. The second-order valence-corrected chi connectivity index (χ2v) is 6.01. The summed E-state index contributed by atoms with van der Waals surface area (Å²) in [6, 6.07) is 19.9. The normalized spacial score (nSPS) is 19.2. The van der Waals surface area contributed by atoms with Crippen molar-refractivity contribution in [1.29, 1.82) is 0 Å². The highest BCUT2D eigenvalue weighted by Crippen LogP contribution is 2.42. The number of amides is 1. The van der Waals surface area contributed by atoms with Gasteiger partial charge in [-0.25, -0.2) is 0 Å². The standard InChI is InChI=1S/C19H18N4O2/c1-12-21-15-16(19(20)24)22-25-18(15)17(13-8-4-2-5-9-13)23(12)14-10-6-3-7-11-14/h2-12,17,21H,1H3,(H2,20,24). The number of anilines is 2. The van der Waals surface area contributed by atoms with Gasteiger partial charge in [-0.2, -0.15) is 0 Å². The van der Waals surface area contributed by atoms with Crippen LogP contribution in [0.15, 0.2) is 65.2 Å². The lowest BCUT2D eigenvalue weighted by atomic mass is 9.97. The van der Waals surface area contributed by atoms with Crippen LogP contribution < -0.4 is 16.0 Å². The van der Waals surface area contributed by atoms with Gasteiger partial charge in [-0.1, -0.05) is 53.7 Å². The first-order valence-electron chi connectivity index (χ1n) is 8.11. The van der Waals surface area contributed by atoms with Crippen LogP contribution in [0.25, 0.3) is 0 Å². The molecule has 0 radical (unpaired) electrons. The molecule has 0 bridgehead atoms. The molecule has 6 heteroatoms. The topological polar surface area (TPSA) is 84.4 Å². The molecule has 25 heavy (non-hydrogen) atoms. The number of para-hydroxylation sites is 1. The van der Waals surface area contributed by atoms with Gasteiger partial charge in [0.25, 0.3) is 5.91 Å². The Labute approximate surface area is 145 Å². The number of carbonyl (C=O) groups is 1. The van der Waals surface area contributed by atoms with E-state index < -0.39 is 5.91 Å². The number of hydrogen-bond donors (Lipinski definition) is 2. The predicted molar refractivity (Wildman–Crippen MR) is 95.3 cm³/mol. The summed E-state index contributed by atoms with van der Waals surface area (Å²) in [6.45, 7) is 2.03. The zero-order chi connectivity index (χ0) is 17.4. The Morgan fingerprint density at radius 2 is 1.76 bits per heavy atom. The van der Waals surface area contributed by atoms with Gasteiger partial charge >= 0.3 is 0 Å². The van der Waals surface area contributed by atoms with Crippen molar-refractivity contribution in [3.05, 3.63) is 77.7 Å². The van der Waals surface area contributed by atoms with Gasteiger partial charge in [0.1, 0.15) is 11.7 Å². The molecule has 2 heterocycles. The molecule has 126 valence electrons. The molecular formula is C19H18N4O2. The minimum atomic E-state index is -0.607. The van der Waals surface area contributed by atoms with Crippen LogP contribution in [-0.4, -0.2) is 17.2 Å². The van der Waals surface area contributed by atoms with E-state index in [0.717, 1.165) is 11.3 Å². The first-order valence-corrected chi connectivity index (χ1v) is 8.11. The average molecular weight is 334 g/mol. The molecule has 2 unspecified atom stereocenters. The first-order chi connectivity index (χ1) is 12.2. The molecule has 0 fully saturated rings. The van der Waals surface area contributed by atoms with Gasteiger partial charge in [0, 0.05) is 5.69 Å². The maximum atomic E-state index is 11.7. The molecule has 2 aromatic carbocycles. The van der Waals surface area contributed by atoms with Crippen molar-refractivity contribution in [3.8, 4) is 0 Å². The van der Waals surface area contributed by atoms with E-state index in [0.29, 0.717) is 11.4 Å². The maximum Gasteiger partial charge on any atom is 0.273 e. The van der Waals surface area contributed by atoms with Crippen molar-refractivity contribution in [2.45, 2.75) is 19.1 Å². The molecule has 2 atom stereocenters. The Hall–Kier alpha value is -3.28. The minimum absolute atomic E-state index is 0.0855. The lowest BCUT2D eigenvalue weighted by molar-refractivity contribution is 0.0992. The smallest absolute Gasteiger partial charge is 0.273 e. The third-order valence-electron chi connectivity index (χ3n) is 4.42. The summed E-state index contributed by atoms with van der Waals surface area (Å²) in [5, 5.41) is 7.20. The van der Waals surface area contributed by atoms with Crippen molar-refractivity contribution in [1.82, 2.24) is 5.16 Å². The molecule has 1 amide bonds.